The molecule has 24 heavy (non-hydrogen) atoms. The van der Waals surface area contributed by atoms with Gasteiger partial charge in [0.15, 0.2) is 9.84 Å². The smallest absolute Gasteiger partial charge is 0.240 e. The maximum atomic E-state index is 12.9. The van der Waals surface area contributed by atoms with Crippen LogP contribution in [0.5, 0.6) is 0 Å². The first-order valence-electron chi connectivity index (χ1n) is 7.08. The normalized spacial score (nSPS) is 16.0. The van der Waals surface area contributed by atoms with Crippen molar-refractivity contribution >= 4 is 54.5 Å². The maximum absolute atomic E-state index is 12.9. The fourth-order valence-electron chi connectivity index (χ4n) is 2.44. The third-order valence-electron chi connectivity index (χ3n) is 3.68. The number of benzene rings is 1. The number of carbonyl (C=O) groups excluding carboxylic acids is 2. The first kappa shape index (κ1) is 17.3. The Hall–Kier alpha value is -1.51. The van der Waals surface area contributed by atoms with Gasteiger partial charge >= 0.3 is 0 Å². The molecule has 0 atom stereocenters. The number of hydrogen-bond donors (Lipinski definition) is 1. The van der Waals surface area contributed by atoms with E-state index < -0.39 is 14.2 Å². The zero-order valence-corrected chi connectivity index (χ0v) is 16.1. The third-order valence-corrected chi connectivity index (χ3v) is 6.69. The summed E-state index contributed by atoms with van der Waals surface area (Å²) in [4.78, 5) is 25.5. The Kier molecular flexibility index (Phi) is 4.17. The van der Waals surface area contributed by atoms with Gasteiger partial charge < -0.3 is 5.32 Å². The topological polar surface area (TPSA) is 80.3 Å². The van der Waals surface area contributed by atoms with Gasteiger partial charge in [-0.3, -0.25) is 9.59 Å². The molecule has 1 aromatic carbocycles. The van der Waals surface area contributed by atoms with E-state index in [0.29, 0.717) is 10.4 Å². The van der Waals surface area contributed by atoms with Gasteiger partial charge in [-0.2, -0.15) is 0 Å². The van der Waals surface area contributed by atoms with E-state index >= 15 is 0 Å². The summed E-state index contributed by atoms with van der Waals surface area (Å²) in [6, 6.07) is 6.14. The van der Waals surface area contributed by atoms with Gasteiger partial charge in [-0.25, -0.2) is 8.42 Å². The van der Waals surface area contributed by atoms with E-state index in [-0.39, 0.29) is 33.6 Å². The number of hydrogen-bond acceptors (Lipinski definition) is 5. The van der Waals surface area contributed by atoms with Crippen LogP contribution in [0.1, 0.15) is 34.6 Å². The highest BCUT2D eigenvalue weighted by Gasteiger charge is 2.34. The molecular weight excluding hydrogens is 414 g/mol. The van der Waals surface area contributed by atoms with E-state index in [0.717, 1.165) is 0 Å². The highest BCUT2D eigenvalue weighted by molar-refractivity contribution is 9.10. The number of sulfone groups is 1. The van der Waals surface area contributed by atoms with Crippen LogP contribution < -0.4 is 5.32 Å². The zero-order chi connectivity index (χ0) is 17.7. The fraction of sp³-hybridized carbons (Fsp3) is 0.250. The van der Waals surface area contributed by atoms with Gasteiger partial charge in [0.25, 0.3) is 0 Å². The predicted octanol–water partition coefficient (Wildman–Crippen LogP) is 3.38. The van der Waals surface area contributed by atoms with E-state index in [9.17, 15) is 18.0 Å². The number of thiophene rings is 1. The summed E-state index contributed by atoms with van der Waals surface area (Å²) in [5.74, 6) is -0.956. The van der Waals surface area contributed by atoms with E-state index in [1.54, 1.807) is 31.4 Å². The lowest BCUT2D eigenvalue weighted by Gasteiger charge is -2.18. The summed E-state index contributed by atoms with van der Waals surface area (Å²) in [6.45, 7) is 3.33. The molecule has 0 fully saturated rings. The molecule has 0 bridgehead atoms. The van der Waals surface area contributed by atoms with Gasteiger partial charge in [-0.05, 0) is 43.0 Å². The van der Waals surface area contributed by atoms with E-state index in [1.807, 2.05) is 0 Å². The summed E-state index contributed by atoms with van der Waals surface area (Å²) in [7, 11) is -3.67. The number of amides is 1. The highest BCUT2D eigenvalue weighted by Crippen LogP contribution is 2.36. The monoisotopic (exact) mass is 427 g/mol. The molecule has 0 spiro atoms. The van der Waals surface area contributed by atoms with Crippen molar-refractivity contribution in [1.82, 2.24) is 0 Å². The molecule has 0 saturated heterocycles. The van der Waals surface area contributed by atoms with Crippen LogP contribution in [0.25, 0.3) is 0 Å². The molecule has 0 unspecified atom stereocenters. The molecule has 8 heteroatoms. The van der Waals surface area contributed by atoms with Crippen molar-refractivity contribution < 1.29 is 18.0 Å². The van der Waals surface area contributed by atoms with Crippen LogP contribution in [0, 0.1) is 0 Å². The van der Waals surface area contributed by atoms with Crippen molar-refractivity contribution in [2.45, 2.75) is 28.8 Å². The molecule has 0 aliphatic carbocycles. The number of ketones is 1. The Morgan fingerprint density at radius 1 is 1.29 bits per heavy atom. The Balaban J connectivity index is 2.22. The minimum Gasteiger partial charge on any atom is -0.324 e. The second kappa shape index (κ2) is 5.79. The number of rotatable bonds is 2. The van der Waals surface area contributed by atoms with Gasteiger partial charge in [-0.1, -0.05) is 22.0 Å². The number of nitrogens with one attached hydrogen (secondary N) is 1. The second-order valence-corrected chi connectivity index (χ2v) is 10.8. The lowest BCUT2D eigenvalue weighted by molar-refractivity contribution is -0.117. The first-order chi connectivity index (χ1) is 11.1. The SMILES string of the molecule is CC(C)(Br)C(=O)Nc1cccc2c1C(=O)c1sccc1CS2(=O)=O. The molecule has 126 valence electrons. The molecule has 3 rings (SSSR count). The van der Waals surface area contributed by atoms with Gasteiger partial charge in [0, 0.05) is 0 Å². The number of carbonyl (C=O) groups is 2. The zero-order valence-electron chi connectivity index (χ0n) is 12.9. The average Bonchev–Trinajstić information content (AvgIpc) is 2.89. The minimum absolute atomic E-state index is 0.0313. The molecule has 5 nitrogen and oxygen atoms in total. The Bertz CT molecular complexity index is 955. The molecule has 2 heterocycles. The standard InChI is InChI=1S/C16H14BrNO4S2/c1-16(2,17)15(20)18-10-4-3-5-11-12(10)13(19)14-9(6-7-23-14)8-24(11,21)22/h3-7H,8H2,1-2H3,(H,18,20). The quantitative estimate of drug-likeness (QED) is 0.744. The summed E-state index contributed by atoms with van der Waals surface area (Å²) in [5, 5.41) is 4.36. The van der Waals surface area contributed by atoms with Gasteiger partial charge in [0.2, 0.25) is 11.7 Å². The maximum Gasteiger partial charge on any atom is 0.240 e. The largest absolute Gasteiger partial charge is 0.324 e. The van der Waals surface area contributed by atoms with Crippen molar-refractivity contribution in [3.63, 3.8) is 0 Å². The number of fused-ring (bicyclic) bond motifs is 2. The summed E-state index contributed by atoms with van der Waals surface area (Å²) in [6.07, 6.45) is 0. The summed E-state index contributed by atoms with van der Waals surface area (Å²) in [5.41, 5.74) is 0.739. The van der Waals surface area contributed by atoms with Crippen LogP contribution in [-0.4, -0.2) is 24.4 Å². The number of anilines is 1. The lowest BCUT2D eigenvalue weighted by atomic mass is 10.0. The number of alkyl halides is 1. The molecule has 0 saturated carbocycles. The van der Waals surface area contributed by atoms with Crippen molar-refractivity contribution in [3.05, 3.63) is 45.6 Å². The van der Waals surface area contributed by atoms with Crippen LogP contribution in [-0.2, 0) is 20.4 Å². The second-order valence-electron chi connectivity index (χ2n) is 5.97. The van der Waals surface area contributed by atoms with Crippen LogP contribution >= 0.6 is 27.3 Å². The average molecular weight is 428 g/mol. The Morgan fingerprint density at radius 3 is 2.67 bits per heavy atom. The predicted molar refractivity (Wildman–Crippen MR) is 96.7 cm³/mol. The van der Waals surface area contributed by atoms with Crippen LogP contribution in [0.15, 0.2) is 34.5 Å². The van der Waals surface area contributed by atoms with Gasteiger partial charge in [0.1, 0.15) is 0 Å². The third kappa shape index (κ3) is 2.94. The van der Waals surface area contributed by atoms with E-state index in [1.165, 1.54) is 23.5 Å². The van der Waals surface area contributed by atoms with Crippen molar-refractivity contribution in [2.75, 3.05) is 5.32 Å². The van der Waals surface area contributed by atoms with Crippen LogP contribution in [0.4, 0.5) is 5.69 Å². The molecule has 1 aliphatic rings. The summed E-state index contributed by atoms with van der Waals surface area (Å²) < 4.78 is 24.5. The molecule has 1 aliphatic heterocycles. The fourth-order valence-corrected chi connectivity index (χ4v) is 5.11. The minimum atomic E-state index is -3.67. The van der Waals surface area contributed by atoms with Crippen LogP contribution in [0.2, 0.25) is 0 Å². The summed E-state index contributed by atoms with van der Waals surface area (Å²) >= 11 is 4.47. The van der Waals surface area contributed by atoms with E-state index in [2.05, 4.69) is 21.2 Å². The van der Waals surface area contributed by atoms with Crippen molar-refractivity contribution in [3.8, 4) is 0 Å². The molecular formula is C16H14BrNO4S2. The van der Waals surface area contributed by atoms with Crippen molar-refractivity contribution in [2.24, 2.45) is 0 Å². The van der Waals surface area contributed by atoms with E-state index in [4.69, 9.17) is 0 Å². The Labute approximate surface area is 152 Å². The Morgan fingerprint density at radius 2 is 2.00 bits per heavy atom. The highest BCUT2D eigenvalue weighted by atomic mass is 79.9. The first-order valence-corrected chi connectivity index (χ1v) is 10.4. The molecule has 1 amide bonds. The lowest BCUT2D eigenvalue weighted by Crippen LogP contribution is -2.31. The van der Waals surface area contributed by atoms with Gasteiger partial charge in [-0.15, -0.1) is 11.3 Å². The van der Waals surface area contributed by atoms with Crippen molar-refractivity contribution in [1.29, 1.82) is 0 Å². The molecule has 2 aromatic rings. The van der Waals surface area contributed by atoms with Crippen LogP contribution in [0.3, 0.4) is 0 Å². The molecule has 1 aromatic heterocycles. The van der Waals surface area contributed by atoms with Gasteiger partial charge in [0.05, 0.1) is 31.1 Å². The molecule has 1 N–H and O–H groups in total. The number of halogens is 1. The molecule has 0 radical (unpaired) electrons.